The second kappa shape index (κ2) is 8.22. The van der Waals surface area contributed by atoms with Crippen LogP contribution in [0.1, 0.15) is 21.6 Å². The molecule has 0 atom stereocenters. The van der Waals surface area contributed by atoms with Gasteiger partial charge in [0, 0.05) is 21.7 Å². The third-order valence-electron chi connectivity index (χ3n) is 4.16. The number of aliphatic carboxylic acids is 1. The topological polar surface area (TPSA) is 68.5 Å². The monoisotopic (exact) mass is 567 g/mol. The second-order valence-electron chi connectivity index (χ2n) is 5.67. The van der Waals surface area contributed by atoms with Crippen molar-refractivity contribution in [3.05, 3.63) is 64.3 Å². The number of carbonyl (C=O) groups is 2. The zero-order chi connectivity index (χ0) is 18.1. The molecule has 0 fully saturated rings. The van der Waals surface area contributed by atoms with E-state index in [1.54, 1.807) is 56.5 Å². The van der Waals surface area contributed by atoms with Gasteiger partial charge in [-0.3, -0.25) is 14.2 Å². The van der Waals surface area contributed by atoms with Gasteiger partial charge in [-0.1, -0.05) is 11.6 Å². The van der Waals surface area contributed by atoms with Gasteiger partial charge in [0.15, 0.2) is 0 Å². The number of nitrogens with zero attached hydrogens (tertiary/aromatic N) is 1. The number of carbonyl (C=O) groups excluding carboxylic acids is 1. The van der Waals surface area contributed by atoms with Crippen LogP contribution in [0.25, 0.3) is 10.9 Å². The van der Waals surface area contributed by atoms with Crippen molar-refractivity contribution in [2.24, 2.45) is 0 Å². The third kappa shape index (κ3) is 3.78. The van der Waals surface area contributed by atoms with Crippen LogP contribution in [0.3, 0.4) is 0 Å². The van der Waals surface area contributed by atoms with Gasteiger partial charge in [-0.15, -0.1) is 0 Å². The summed E-state index contributed by atoms with van der Waals surface area (Å²) in [4.78, 5) is 24.3. The summed E-state index contributed by atoms with van der Waals surface area (Å²) in [6.07, 6.45) is -0.170. The summed E-state index contributed by atoms with van der Waals surface area (Å²) in [5.74, 6) is -0.583. The zero-order valence-corrected chi connectivity index (χ0v) is 20.7. The molecule has 1 heterocycles. The van der Waals surface area contributed by atoms with E-state index in [1.165, 1.54) is 4.57 Å². The van der Waals surface area contributed by atoms with Crippen molar-refractivity contribution < 1.29 is 19.4 Å². The van der Waals surface area contributed by atoms with E-state index in [4.69, 9.17) is 16.3 Å². The molecule has 26 heavy (non-hydrogen) atoms. The molecule has 0 bridgehead atoms. The van der Waals surface area contributed by atoms with Crippen LogP contribution in [0.4, 0.5) is 0 Å². The van der Waals surface area contributed by atoms with Crippen molar-refractivity contribution in [1.82, 2.24) is 4.57 Å². The molecule has 0 aliphatic heterocycles. The van der Waals surface area contributed by atoms with Crippen molar-refractivity contribution in [3.63, 3.8) is 0 Å². The van der Waals surface area contributed by atoms with E-state index < -0.39 is 5.97 Å². The molecule has 2 aromatic carbocycles. The van der Waals surface area contributed by atoms with Crippen LogP contribution in [0.2, 0.25) is 5.02 Å². The van der Waals surface area contributed by atoms with Crippen LogP contribution in [0.5, 0.6) is 5.75 Å². The predicted octanol–water partition coefficient (Wildman–Crippen LogP) is 3.01. The summed E-state index contributed by atoms with van der Waals surface area (Å²) in [5, 5.41) is 10.5. The fraction of sp³-hybridized carbons (Fsp3) is 0.158. The molecule has 5 nitrogen and oxygen atoms in total. The van der Waals surface area contributed by atoms with Crippen molar-refractivity contribution >= 4 is 61.7 Å². The number of benzene rings is 2. The Labute approximate surface area is 175 Å². The van der Waals surface area contributed by atoms with Gasteiger partial charge < -0.3 is 9.84 Å². The molecule has 3 aromatic rings. The van der Waals surface area contributed by atoms with E-state index in [0.717, 1.165) is 0 Å². The number of ether oxygens (including phenoxy) is 1. The molecule has 0 aliphatic carbocycles. The molecule has 0 amide bonds. The Hall–Kier alpha value is -1.87. The van der Waals surface area contributed by atoms with Crippen LogP contribution in [0.15, 0.2) is 42.5 Å². The first-order chi connectivity index (χ1) is 11.9. The number of hydrogen-bond donors (Lipinski definition) is 1. The summed E-state index contributed by atoms with van der Waals surface area (Å²) in [6.45, 7) is 1.75. The molecule has 0 unspecified atom stereocenters. The Morgan fingerprint density at radius 3 is 2.38 bits per heavy atom. The number of carboxylic acids is 1. The molecule has 0 saturated heterocycles. The number of methoxy groups -OCH3 is 1. The maximum atomic E-state index is 13.0. The van der Waals surface area contributed by atoms with Crippen molar-refractivity contribution in [1.29, 1.82) is 0 Å². The summed E-state index contributed by atoms with van der Waals surface area (Å²) in [5.41, 5.74) is 2.32. The van der Waals surface area contributed by atoms with Crippen molar-refractivity contribution in [2.45, 2.75) is 13.3 Å². The third-order valence-corrected chi connectivity index (χ3v) is 4.42. The van der Waals surface area contributed by atoms with E-state index in [9.17, 15) is 14.7 Å². The quantitative estimate of drug-likeness (QED) is 0.493. The van der Waals surface area contributed by atoms with Gasteiger partial charge >= 0.3 is 33.3 Å². The van der Waals surface area contributed by atoms with Crippen LogP contribution in [0, 0.1) is 6.92 Å². The van der Waals surface area contributed by atoms with E-state index in [-0.39, 0.29) is 39.6 Å². The van der Waals surface area contributed by atoms with Crippen molar-refractivity contribution in [3.8, 4) is 5.75 Å². The Bertz CT molecular complexity index is 979. The summed E-state index contributed by atoms with van der Waals surface area (Å²) in [6, 6.07) is 11.9. The molecule has 7 heteroatoms. The first-order valence-electron chi connectivity index (χ1n) is 7.62. The molecule has 0 saturated carbocycles. The molecule has 0 aliphatic rings. The molecule has 2 radical (unpaired) electrons. The number of aromatic nitrogens is 1. The second-order valence-corrected chi connectivity index (χ2v) is 6.10. The Morgan fingerprint density at radius 2 is 1.81 bits per heavy atom. The Balaban J connectivity index is 0.00000243. The first kappa shape index (κ1) is 20.4. The molecule has 0 spiro atoms. The summed E-state index contributed by atoms with van der Waals surface area (Å²) < 4.78 is 6.77. The SMILES string of the molecule is COc1ccc2c(c1)c(CC(=O)O)c(C)n2C(=O)c1ccc(Cl)cc1.[PbH2]. The molecular formula is C19H18ClNO4Pb. The number of carboxylic acid groups (broad SMARTS) is 1. The van der Waals surface area contributed by atoms with Gasteiger partial charge in [-0.25, -0.2) is 0 Å². The van der Waals surface area contributed by atoms with E-state index in [2.05, 4.69) is 0 Å². The molecule has 3 rings (SSSR count). The Kier molecular flexibility index (Phi) is 6.46. The minimum atomic E-state index is -0.955. The van der Waals surface area contributed by atoms with Gasteiger partial charge in [-0.2, -0.15) is 0 Å². The molecule has 134 valence electrons. The molecular weight excluding hydrogens is 549 g/mol. The number of fused-ring (bicyclic) bond motifs is 1. The van der Waals surface area contributed by atoms with Crippen LogP contribution in [-0.4, -0.2) is 56.0 Å². The van der Waals surface area contributed by atoms with Gasteiger partial charge in [0.1, 0.15) is 5.75 Å². The average molecular weight is 567 g/mol. The fourth-order valence-corrected chi connectivity index (χ4v) is 3.07. The number of hydrogen-bond acceptors (Lipinski definition) is 3. The van der Waals surface area contributed by atoms with Gasteiger partial charge in [0.25, 0.3) is 5.91 Å². The predicted molar refractivity (Wildman–Crippen MR) is 104 cm³/mol. The van der Waals surface area contributed by atoms with Crippen molar-refractivity contribution in [2.75, 3.05) is 7.11 Å². The van der Waals surface area contributed by atoms with Crippen LogP contribution >= 0.6 is 11.6 Å². The molecule has 1 aromatic heterocycles. The minimum absolute atomic E-state index is 0. The van der Waals surface area contributed by atoms with E-state index in [0.29, 0.717) is 38.5 Å². The molecule has 1 N–H and O–H groups in total. The van der Waals surface area contributed by atoms with Crippen LogP contribution < -0.4 is 4.74 Å². The summed E-state index contributed by atoms with van der Waals surface area (Å²) in [7, 11) is 1.54. The number of rotatable bonds is 4. The van der Waals surface area contributed by atoms with E-state index in [1.807, 2.05) is 0 Å². The first-order valence-corrected chi connectivity index (χ1v) is 8.00. The maximum absolute atomic E-state index is 13.0. The van der Waals surface area contributed by atoms with Crippen LogP contribution in [-0.2, 0) is 11.2 Å². The van der Waals surface area contributed by atoms with Gasteiger partial charge in [0.2, 0.25) is 0 Å². The number of halogens is 1. The zero-order valence-electron chi connectivity index (χ0n) is 14.5. The Morgan fingerprint density at radius 1 is 1.15 bits per heavy atom. The normalized spacial score (nSPS) is 10.4. The van der Waals surface area contributed by atoms with Gasteiger partial charge in [0.05, 0.1) is 19.0 Å². The summed E-state index contributed by atoms with van der Waals surface area (Å²) >= 11 is 5.89. The van der Waals surface area contributed by atoms with E-state index >= 15 is 0 Å². The standard InChI is InChI=1S/C19H16ClNO4.Pb.2H/c1-11-15(10-18(22)23)16-9-14(25-2)7-8-17(16)21(11)19(24)12-3-5-13(20)6-4-12;;;/h3-9H,10H2,1-2H3,(H,22,23);;;. The fourth-order valence-electron chi connectivity index (χ4n) is 2.95. The average Bonchev–Trinajstić information content (AvgIpc) is 2.86. The van der Waals surface area contributed by atoms with Gasteiger partial charge in [-0.05, 0) is 55.0 Å².